The van der Waals surface area contributed by atoms with Gasteiger partial charge in [0.15, 0.2) is 11.2 Å². The lowest BCUT2D eigenvalue weighted by Gasteiger charge is -2.27. The highest BCUT2D eigenvalue weighted by Gasteiger charge is 2.25. The molecule has 246 valence electrons. The number of fused-ring (bicyclic) bond motifs is 6. The minimum atomic E-state index is -0.116. The zero-order valence-corrected chi connectivity index (χ0v) is 30.0. The minimum absolute atomic E-state index is 0.116. The minimum Gasteiger partial charge on any atom is -0.454 e. The van der Waals surface area contributed by atoms with Crippen LogP contribution in [0.5, 0.6) is 0 Å². The Morgan fingerprint density at radius 2 is 0.980 bits per heavy atom. The van der Waals surface area contributed by atoms with E-state index in [9.17, 15) is 0 Å². The molecular formula is C44H42B2N2O2. The molecule has 0 radical (unpaired) electrons. The van der Waals surface area contributed by atoms with Gasteiger partial charge in [-0.25, -0.2) is 0 Å². The monoisotopic (exact) mass is 652 g/mol. The number of benzene rings is 6. The molecular weight excluding hydrogens is 610 g/mol. The second kappa shape index (κ2) is 11.9. The fourth-order valence-electron chi connectivity index (χ4n) is 7.44. The predicted molar refractivity (Wildman–Crippen MR) is 217 cm³/mol. The van der Waals surface area contributed by atoms with E-state index in [0.717, 1.165) is 61.7 Å². The first-order chi connectivity index (χ1) is 24.0. The number of anilines is 4. The Bertz CT molecular complexity index is 2500. The van der Waals surface area contributed by atoms with Crippen LogP contribution in [-0.4, -0.2) is 16.0 Å². The van der Waals surface area contributed by atoms with Crippen molar-refractivity contribution >= 4 is 82.6 Å². The van der Waals surface area contributed by atoms with Crippen molar-refractivity contribution in [2.45, 2.75) is 51.9 Å². The second-order valence-electron chi connectivity index (χ2n) is 15.3. The van der Waals surface area contributed by atoms with Crippen molar-refractivity contribution in [1.82, 2.24) is 0 Å². The van der Waals surface area contributed by atoms with Gasteiger partial charge in [0, 0.05) is 32.9 Å². The molecule has 0 saturated carbocycles. The smallest absolute Gasteiger partial charge is 0.224 e. The van der Waals surface area contributed by atoms with Gasteiger partial charge in [0.05, 0.1) is 11.4 Å². The molecule has 2 heterocycles. The van der Waals surface area contributed by atoms with Gasteiger partial charge in [0.1, 0.15) is 11.2 Å². The van der Waals surface area contributed by atoms with Crippen LogP contribution in [-0.2, 0) is 17.3 Å². The molecule has 6 heteroatoms. The number of hydrogen-bond donors (Lipinski definition) is 0. The van der Waals surface area contributed by atoms with Gasteiger partial charge in [0.2, 0.25) is 16.0 Å². The molecule has 0 amide bonds. The average Bonchev–Trinajstić information content (AvgIpc) is 3.70. The Morgan fingerprint density at radius 3 is 1.60 bits per heavy atom. The molecule has 50 heavy (non-hydrogen) atoms. The maximum Gasteiger partial charge on any atom is 0.224 e. The Hall–Kier alpha value is -5.35. The average molecular weight is 652 g/mol. The summed E-state index contributed by atoms with van der Waals surface area (Å²) >= 11 is 0. The summed E-state index contributed by atoms with van der Waals surface area (Å²) in [5.74, 6) is 0. The van der Waals surface area contributed by atoms with E-state index in [4.69, 9.17) is 8.83 Å². The molecule has 8 rings (SSSR count). The first kappa shape index (κ1) is 31.9. The van der Waals surface area contributed by atoms with E-state index in [1.807, 2.05) is 12.1 Å². The summed E-state index contributed by atoms with van der Waals surface area (Å²) < 4.78 is 13.3. The molecule has 0 unspecified atom stereocenters. The Morgan fingerprint density at radius 1 is 0.480 bits per heavy atom. The summed E-state index contributed by atoms with van der Waals surface area (Å²) in [5.41, 5.74) is 11.8. The van der Waals surface area contributed by atoms with Crippen molar-refractivity contribution in [3.8, 4) is 0 Å². The zero-order chi connectivity index (χ0) is 34.8. The quantitative estimate of drug-likeness (QED) is 0.161. The number of furan rings is 2. The maximum absolute atomic E-state index is 6.86. The maximum atomic E-state index is 6.86. The molecule has 0 aliphatic heterocycles. The van der Waals surface area contributed by atoms with Crippen molar-refractivity contribution in [1.29, 1.82) is 0 Å². The molecule has 0 N–H and O–H groups in total. The number of para-hydroxylation sites is 4. The fraction of sp³-hybridized carbons (Fsp3) is 0.182. The fourth-order valence-corrected chi connectivity index (χ4v) is 7.44. The van der Waals surface area contributed by atoms with Gasteiger partial charge in [-0.15, -0.1) is 0 Å². The van der Waals surface area contributed by atoms with E-state index in [1.54, 1.807) is 0 Å². The highest BCUT2D eigenvalue weighted by molar-refractivity contribution is 6.28. The van der Waals surface area contributed by atoms with E-state index >= 15 is 0 Å². The molecule has 0 spiro atoms. The van der Waals surface area contributed by atoms with Crippen LogP contribution in [0.15, 0.2) is 136 Å². The highest BCUT2D eigenvalue weighted by atomic mass is 16.3. The van der Waals surface area contributed by atoms with Crippen LogP contribution in [0.25, 0.3) is 43.9 Å². The number of rotatable bonds is 7. The summed E-state index contributed by atoms with van der Waals surface area (Å²) in [7, 11) is 4.23. The van der Waals surface area contributed by atoms with E-state index in [1.165, 1.54) is 28.1 Å². The van der Waals surface area contributed by atoms with E-state index in [2.05, 4.69) is 175 Å². The molecule has 0 aliphatic carbocycles. The van der Waals surface area contributed by atoms with Crippen LogP contribution in [0.4, 0.5) is 22.7 Å². The largest absolute Gasteiger partial charge is 0.454 e. The summed E-state index contributed by atoms with van der Waals surface area (Å²) in [6.45, 7) is 11.4. The lowest BCUT2D eigenvalue weighted by atomic mass is 9.79. The first-order valence-corrected chi connectivity index (χ1v) is 17.5. The summed E-state index contributed by atoms with van der Waals surface area (Å²) in [4.78, 5) is 4.44. The van der Waals surface area contributed by atoms with Crippen LogP contribution in [0.2, 0.25) is 0 Å². The molecule has 8 aromatic rings. The van der Waals surface area contributed by atoms with Crippen LogP contribution in [0.1, 0.15) is 51.3 Å². The van der Waals surface area contributed by atoms with E-state index < -0.39 is 0 Å². The third-order valence-corrected chi connectivity index (χ3v) is 10.5. The van der Waals surface area contributed by atoms with Crippen LogP contribution >= 0.6 is 0 Å². The lowest BCUT2D eigenvalue weighted by Crippen LogP contribution is -2.21. The second-order valence-corrected chi connectivity index (χ2v) is 15.3. The van der Waals surface area contributed by atoms with E-state index in [0.29, 0.717) is 0 Å². The Labute approximate surface area is 296 Å². The first-order valence-electron chi connectivity index (χ1n) is 17.5. The van der Waals surface area contributed by atoms with Gasteiger partial charge < -0.3 is 18.5 Å². The van der Waals surface area contributed by atoms with Crippen molar-refractivity contribution in [3.05, 3.63) is 144 Å². The van der Waals surface area contributed by atoms with Gasteiger partial charge in [-0.2, -0.15) is 0 Å². The predicted octanol–water partition coefficient (Wildman–Crippen LogP) is 10.7. The SMILES string of the molecule is BN(c1ccc(C(C)(C)C)cc1)c1ccc(C(C)(C)Cc2cccc3c2oc2c(N(B)c4cccc5c4oc4ccccc45)cccc23)cc1. The van der Waals surface area contributed by atoms with Gasteiger partial charge in [-0.05, 0) is 76.4 Å². The highest BCUT2D eigenvalue weighted by Crippen LogP contribution is 2.42. The summed E-state index contributed by atoms with van der Waals surface area (Å²) in [6, 6.07) is 45.5. The summed E-state index contributed by atoms with van der Waals surface area (Å²) in [5, 5.41) is 4.49. The molecule has 4 nitrogen and oxygen atoms in total. The topological polar surface area (TPSA) is 32.8 Å². The van der Waals surface area contributed by atoms with Crippen LogP contribution < -0.4 is 9.62 Å². The standard InChI is InChI=1S/C44H42B2N2O2/c1-43(2,3)29-19-23-31(24-20-29)47(45)32-25-21-30(22-26-32)44(4,5)27-28-11-8-13-35-36-15-10-17-38(42(36)50-40(28)35)48(46)37-16-9-14-34-33-12-6-7-18-39(33)49-41(34)37/h6-26H,27,45-46H2,1-5H3. The molecule has 0 saturated heterocycles. The van der Waals surface area contributed by atoms with Crippen molar-refractivity contribution < 1.29 is 8.83 Å². The third-order valence-electron chi connectivity index (χ3n) is 10.5. The van der Waals surface area contributed by atoms with Crippen molar-refractivity contribution in [2.75, 3.05) is 9.62 Å². The third kappa shape index (κ3) is 5.44. The van der Waals surface area contributed by atoms with Gasteiger partial charge in [-0.3, -0.25) is 0 Å². The van der Waals surface area contributed by atoms with Crippen LogP contribution in [0, 0.1) is 0 Å². The Balaban J connectivity index is 1.10. The molecule has 0 bridgehead atoms. The number of nitrogens with zero attached hydrogens (tertiary/aromatic N) is 2. The van der Waals surface area contributed by atoms with Gasteiger partial charge in [0.25, 0.3) is 0 Å². The van der Waals surface area contributed by atoms with Gasteiger partial charge in [-0.1, -0.05) is 120 Å². The molecule has 6 aromatic carbocycles. The molecule has 2 aromatic heterocycles. The normalized spacial score (nSPS) is 12.3. The van der Waals surface area contributed by atoms with Crippen molar-refractivity contribution in [2.24, 2.45) is 0 Å². The Kier molecular flexibility index (Phi) is 7.60. The molecule has 0 atom stereocenters. The van der Waals surface area contributed by atoms with Crippen molar-refractivity contribution in [3.63, 3.8) is 0 Å². The zero-order valence-electron chi connectivity index (χ0n) is 30.0. The molecule has 0 fully saturated rings. The molecule has 0 aliphatic rings. The van der Waals surface area contributed by atoms with Crippen LogP contribution in [0.3, 0.4) is 0 Å². The number of hydrogen-bond acceptors (Lipinski definition) is 4. The van der Waals surface area contributed by atoms with E-state index in [-0.39, 0.29) is 10.8 Å². The van der Waals surface area contributed by atoms with Gasteiger partial charge >= 0.3 is 0 Å². The lowest BCUT2D eigenvalue weighted by molar-refractivity contribution is 0.519. The summed E-state index contributed by atoms with van der Waals surface area (Å²) in [6.07, 6.45) is 0.844.